The summed E-state index contributed by atoms with van der Waals surface area (Å²) in [6.45, 7) is 3.71. The molecule has 0 aromatic carbocycles. The van der Waals surface area contributed by atoms with Gasteiger partial charge in [0.2, 0.25) is 5.89 Å². The third-order valence-electron chi connectivity index (χ3n) is 2.29. The number of carbonyl (C=O) groups excluding carboxylic acids is 1. The molecule has 0 saturated heterocycles. The molecule has 2 heterocycles. The van der Waals surface area contributed by atoms with Gasteiger partial charge in [-0.15, -0.1) is 0 Å². The fraction of sp³-hybridized carbons (Fsp3) is 0.364. The van der Waals surface area contributed by atoms with Crippen molar-refractivity contribution in [2.45, 2.75) is 20.4 Å². The molecule has 100 valence electrons. The van der Waals surface area contributed by atoms with Crippen LogP contribution >= 0.6 is 0 Å². The van der Waals surface area contributed by atoms with Gasteiger partial charge in [0.1, 0.15) is 17.2 Å². The molecule has 8 nitrogen and oxygen atoms in total. The standard InChI is InChI=1S/C11H13N5O3/c1-6-12-4-8(11(17)18-3)10(15-6)13-5-9-14-7(2)16-19-9/h4H,5H2,1-3H3,(H,12,13,15). The number of hydrogen-bond acceptors (Lipinski definition) is 8. The highest BCUT2D eigenvalue weighted by Gasteiger charge is 2.15. The monoisotopic (exact) mass is 263 g/mol. The number of carbonyl (C=O) groups is 1. The zero-order chi connectivity index (χ0) is 13.8. The van der Waals surface area contributed by atoms with Crippen molar-refractivity contribution in [3.05, 3.63) is 29.3 Å². The number of ether oxygens (including phenoxy) is 1. The van der Waals surface area contributed by atoms with E-state index in [0.717, 1.165) is 0 Å². The van der Waals surface area contributed by atoms with E-state index in [2.05, 4.69) is 30.2 Å². The van der Waals surface area contributed by atoms with E-state index in [4.69, 9.17) is 4.52 Å². The first-order chi connectivity index (χ1) is 9.10. The number of rotatable bonds is 4. The van der Waals surface area contributed by atoms with E-state index in [1.54, 1.807) is 13.8 Å². The molecule has 1 N–H and O–H groups in total. The van der Waals surface area contributed by atoms with E-state index in [9.17, 15) is 4.79 Å². The lowest BCUT2D eigenvalue weighted by atomic mass is 10.3. The molecule has 0 aliphatic heterocycles. The lowest BCUT2D eigenvalue weighted by molar-refractivity contribution is 0.0601. The van der Waals surface area contributed by atoms with Crippen LogP contribution in [0.5, 0.6) is 0 Å². The third kappa shape index (κ3) is 3.03. The van der Waals surface area contributed by atoms with Gasteiger partial charge in [-0.3, -0.25) is 0 Å². The van der Waals surface area contributed by atoms with Crippen molar-refractivity contribution in [2.75, 3.05) is 12.4 Å². The Morgan fingerprint density at radius 1 is 1.37 bits per heavy atom. The summed E-state index contributed by atoms with van der Waals surface area (Å²) < 4.78 is 9.62. The van der Waals surface area contributed by atoms with Crippen LogP contribution in [0.15, 0.2) is 10.7 Å². The summed E-state index contributed by atoms with van der Waals surface area (Å²) in [6.07, 6.45) is 1.41. The molecule has 0 amide bonds. The van der Waals surface area contributed by atoms with Crippen LogP contribution in [0.3, 0.4) is 0 Å². The van der Waals surface area contributed by atoms with Gasteiger partial charge in [0.25, 0.3) is 0 Å². The number of methoxy groups -OCH3 is 1. The van der Waals surface area contributed by atoms with Crippen LogP contribution in [0.1, 0.15) is 27.9 Å². The number of nitrogens with one attached hydrogen (secondary N) is 1. The van der Waals surface area contributed by atoms with Crippen LogP contribution in [0.4, 0.5) is 5.82 Å². The molecule has 0 spiro atoms. The van der Waals surface area contributed by atoms with Gasteiger partial charge in [-0.25, -0.2) is 14.8 Å². The van der Waals surface area contributed by atoms with E-state index in [1.807, 2.05) is 0 Å². The number of nitrogens with zero attached hydrogens (tertiary/aromatic N) is 4. The van der Waals surface area contributed by atoms with Gasteiger partial charge < -0.3 is 14.6 Å². The van der Waals surface area contributed by atoms with Gasteiger partial charge in [0.15, 0.2) is 5.82 Å². The lowest BCUT2D eigenvalue weighted by Crippen LogP contribution is -2.11. The quantitative estimate of drug-likeness (QED) is 0.810. The van der Waals surface area contributed by atoms with Crippen LogP contribution in [0, 0.1) is 13.8 Å². The SMILES string of the molecule is COC(=O)c1cnc(C)nc1NCc1nc(C)no1. The molecular weight excluding hydrogens is 250 g/mol. The van der Waals surface area contributed by atoms with Crippen molar-refractivity contribution in [1.29, 1.82) is 0 Å². The van der Waals surface area contributed by atoms with E-state index >= 15 is 0 Å². The van der Waals surface area contributed by atoms with Crippen molar-refractivity contribution in [3.8, 4) is 0 Å². The van der Waals surface area contributed by atoms with Crippen molar-refractivity contribution >= 4 is 11.8 Å². The molecule has 8 heteroatoms. The summed E-state index contributed by atoms with van der Waals surface area (Å²) in [5.41, 5.74) is 0.254. The van der Waals surface area contributed by atoms with Crippen molar-refractivity contribution in [3.63, 3.8) is 0 Å². The Balaban J connectivity index is 2.18. The van der Waals surface area contributed by atoms with Crippen molar-refractivity contribution in [1.82, 2.24) is 20.1 Å². The van der Waals surface area contributed by atoms with Crippen LogP contribution in [0.25, 0.3) is 0 Å². The second-order valence-corrected chi connectivity index (χ2v) is 3.76. The molecule has 0 atom stereocenters. The fourth-order valence-corrected chi connectivity index (χ4v) is 1.44. The zero-order valence-corrected chi connectivity index (χ0v) is 10.8. The maximum atomic E-state index is 11.6. The van der Waals surface area contributed by atoms with Crippen molar-refractivity contribution in [2.24, 2.45) is 0 Å². The zero-order valence-electron chi connectivity index (χ0n) is 10.8. The normalized spacial score (nSPS) is 10.3. The first kappa shape index (κ1) is 12.9. The summed E-state index contributed by atoms with van der Waals surface area (Å²) in [7, 11) is 1.30. The average molecular weight is 263 g/mol. The Morgan fingerprint density at radius 3 is 2.79 bits per heavy atom. The van der Waals surface area contributed by atoms with Crippen LogP contribution in [0.2, 0.25) is 0 Å². The molecule has 2 aromatic rings. The molecule has 0 unspecified atom stereocenters. The van der Waals surface area contributed by atoms with Crippen LogP contribution < -0.4 is 5.32 Å². The topological polar surface area (TPSA) is 103 Å². The highest BCUT2D eigenvalue weighted by Crippen LogP contribution is 2.13. The number of anilines is 1. The molecule has 0 saturated carbocycles. The second kappa shape index (κ2) is 5.42. The molecule has 19 heavy (non-hydrogen) atoms. The van der Waals surface area contributed by atoms with Gasteiger partial charge in [0.05, 0.1) is 13.7 Å². The largest absolute Gasteiger partial charge is 0.465 e. The Hall–Kier alpha value is -2.51. The maximum absolute atomic E-state index is 11.6. The smallest absolute Gasteiger partial charge is 0.343 e. The molecule has 0 radical (unpaired) electrons. The summed E-state index contributed by atoms with van der Waals surface area (Å²) in [6, 6.07) is 0. The number of hydrogen-bond donors (Lipinski definition) is 1. The van der Waals surface area contributed by atoms with Crippen LogP contribution in [-0.4, -0.2) is 33.2 Å². The first-order valence-corrected chi connectivity index (χ1v) is 5.55. The predicted octanol–water partition coefficient (Wildman–Crippen LogP) is 0.875. The minimum atomic E-state index is -0.510. The van der Waals surface area contributed by atoms with Gasteiger partial charge >= 0.3 is 5.97 Å². The maximum Gasteiger partial charge on any atom is 0.343 e. The molecule has 2 aromatic heterocycles. The fourth-order valence-electron chi connectivity index (χ4n) is 1.44. The van der Waals surface area contributed by atoms with Gasteiger partial charge in [0, 0.05) is 6.20 Å². The summed E-state index contributed by atoms with van der Waals surface area (Å²) in [4.78, 5) is 23.7. The number of aryl methyl sites for hydroxylation is 2. The Morgan fingerprint density at radius 2 is 2.16 bits per heavy atom. The molecule has 0 aliphatic carbocycles. The third-order valence-corrected chi connectivity index (χ3v) is 2.29. The second-order valence-electron chi connectivity index (χ2n) is 3.76. The van der Waals surface area contributed by atoms with E-state index in [1.165, 1.54) is 13.3 Å². The van der Waals surface area contributed by atoms with Crippen LogP contribution in [-0.2, 0) is 11.3 Å². The van der Waals surface area contributed by atoms with Gasteiger partial charge in [-0.2, -0.15) is 4.98 Å². The van der Waals surface area contributed by atoms with Gasteiger partial charge in [-0.05, 0) is 13.8 Å². The molecule has 0 fully saturated rings. The lowest BCUT2D eigenvalue weighted by Gasteiger charge is -2.08. The van der Waals surface area contributed by atoms with Crippen molar-refractivity contribution < 1.29 is 14.1 Å². The first-order valence-electron chi connectivity index (χ1n) is 5.55. The number of esters is 1. The summed E-state index contributed by atoms with van der Waals surface area (Å²) in [5, 5.41) is 6.62. The minimum absolute atomic E-state index is 0.254. The molecular formula is C11H13N5O3. The summed E-state index contributed by atoms with van der Waals surface area (Å²) in [5.74, 6) is 1.35. The van der Waals surface area contributed by atoms with Gasteiger partial charge in [-0.1, -0.05) is 5.16 Å². The highest BCUT2D eigenvalue weighted by molar-refractivity contribution is 5.94. The molecule has 0 bridgehead atoms. The molecule has 0 aliphatic rings. The van der Waals surface area contributed by atoms with E-state index in [0.29, 0.717) is 23.4 Å². The van der Waals surface area contributed by atoms with E-state index in [-0.39, 0.29) is 12.1 Å². The Kier molecular flexibility index (Phi) is 3.69. The Bertz CT molecular complexity index is 596. The number of aromatic nitrogens is 4. The Labute approximate surface area is 109 Å². The minimum Gasteiger partial charge on any atom is -0.465 e. The predicted molar refractivity (Wildman–Crippen MR) is 64.5 cm³/mol. The van der Waals surface area contributed by atoms with E-state index < -0.39 is 5.97 Å². The summed E-state index contributed by atoms with van der Waals surface area (Å²) >= 11 is 0. The molecule has 2 rings (SSSR count). The highest BCUT2D eigenvalue weighted by atomic mass is 16.5. The average Bonchev–Trinajstić information content (AvgIpc) is 2.81.